The summed E-state index contributed by atoms with van der Waals surface area (Å²) in [5.74, 6) is 0.481. The second-order valence-corrected chi connectivity index (χ2v) is 8.70. The van der Waals surface area contributed by atoms with Gasteiger partial charge in [0, 0.05) is 30.1 Å². The van der Waals surface area contributed by atoms with E-state index in [4.69, 9.17) is 4.74 Å². The number of aryl methyl sites for hydroxylation is 3. The molecule has 2 aromatic carbocycles. The third kappa shape index (κ3) is 4.17. The number of ketones is 1. The highest BCUT2D eigenvalue weighted by atomic mass is 16.5. The molecule has 4 rings (SSSR count). The Bertz CT molecular complexity index is 821. The van der Waals surface area contributed by atoms with Gasteiger partial charge in [-0.15, -0.1) is 0 Å². The van der Waals surface area contributed by atoms with Crippen LogP contribution in [0.1, 0.15) is 59.3 Å². The molecule has 0 aliphatic carbocycles. The summed E-state index contributed by atoms with van der Waals surface area (Å²) in [4.78, 5) is 16.3. The van der Waals surface area contributed by atoms with Crippen molar-refractivity contribution in [2.45, 2.75) is 65.1 Å². The van der Waals surface area contributed by atoms with Gasteiger partial charge in [0.25, 0.3) is 0 Å². The van der Waals surface area contributed by atoms with Gasteiger partial charge in [-0.1, -0.05) is 61.9 Å². The van der Waals surface area contributed by atoms with Crippen LogP contribution in [0.2, 0.25) is 0 Å². The molecule has 2 aliphatic heterocycles. The van der Waals surface area contributed by atoms with E-state index in [9.17, 15) is 4.79 Å². The van der Waals surface area contributed by atoms with Crippen molar-refractivity contribution in [1.82, 2.24) is 4.90 Å². The Morgan fingerprint density at radius 1 is 1.00 bits per heavy atom. The smallest absolute Gasteiger partial charge is 0.166 e. The van der Waals surface area contributed by atoms with Crippen LogP contribution in [0.15, 0.2) is 42.5 Å². The van der Waals surface area contributed by atoms with Crippen molar-refractivity contribution < 1.29 is 9.53 Å². The van der Waals surface area contributed by atoms with Gasteiger partial charge >= 0.3 is 0 Å². The Kier molecular flexibility index (Phi) is 6.17. The molecule has 2 fully saturated rings. The van der Waals surface area contributed by atoms with Crippen molar-refractivity contribution in [3.05, 3.63) is 70.3 Å². The molecule has 0 spiro atoms. The van der Waals surface area contributed by atoms with Crippen LogP contribution in [0.4, 0.5) is 0 Å². The van der Waals surface area contributed by atoms with Gasteiger partial charge < -0.3 is 4.74 Å². The summed E-state index contributed by atoms with van der Waals surface area (Å²) in [5, 5.41) is 0. The van der Waals surface area contributed by atoms with Crippen LogP contribution in [0.25, 0.3) is 0 Å². The van der Waals surface area contributed by atoms with Gasteiger partial charge in [0.15, 0.2) is 5.78 Å². The number of piperidine rings is 1. The van der Waals surface area contributed by atoms with E-state index in [2.05, 4.69) is 68.1 Å². The van der Waals surface area contributed by atoms with E-state index in [1.165, 1.54) is 22.3 Å². The summed E-state index contributed by atoms with van der Waals surface area (Å²) < 4.78 is 5.89. The van der Waals surface area contributed by atoms with Gasteiger partial charge in [0.05, 0.1) is 13.2 Å². The van der Waals surface area contributed by atoms with Crippen LogP contribution >= 0.6 is 0 Å². The minimum atomic E-state index is 0.110. The SMILES string of the molecule is CCc1cc(C)cc(CC)c1C(=O)C1CC2COCC(C1)N2Cc1ccccc1. The largest absolute Gasteiger partial charge is 0.378 e. The number of carbonyl (C=O) groups excluding carboxylic acids is 1. The fraction of sp³-hybridized carbons (Fsp3) is 0.500. The molecule has 2 bridgehead atoms. The molecule has 0 aromatic heterocycles. The van der Waals surface area contributed by atoms with Crippen LogP contribution in [0.3, 0.4) is 0 Å². The minimum Gasteiger partial charge on any atom is -0.378 e. The van der Waals surface area contributed by atoms with Gasteiger partial charge in [0.2, 0.25) is 0 Å². The van der Waals surface area contributed by atoms with E-state index in [0.717, 1.165) is 51.0 Å². The van der Waals surface area contributed by atoms with Crippen LogP contribution in [0, 0.1) is 12.8 Å². The third-order valence-corrected chi connectivity index (χ3v) is 6.70. The molecule has 3 heteroatoms. The average molecular weight is 392 g/mol. The van der Waals surface area contributed by atoms with E-state index in [1.807, 2.05) is 0 Å². The number of hydrogen-bond donors (Lipinski definition) is 0. The van der Waals surface area contributed by atoms with Crippen molar-refractivity contribution in [1.29, 1.82) is 0 Å². The van der Waals surface area contributed by atoms with Crippen molar-refractivity contribution in [2.75, 3.05) is 13.2 Å². The van der Waals surface area contributed by atoms with Crippen molar-refractivity contribution >= 4 is 5.78 Å². The lowest BCUT2D eigenvalue weighted by Gasteiger charge is -2.48. The second kappa shape index (κ2) is 8.81. The molecule has 29 heavy (non-hydrogen) atoms. The highest BCUT2D eigenvalue weighted by Gasteiger charge is 2.41. The van der Waals surface area contributed by atoms with Crippen LogP contribution in [0.5, 0.6) is 0 Å². The number of carbonyl (C=O) groups is 1. The highest BCUT2D eigenvalue weighted by molar-refractivity contribution is 6.00. The topological polar surface area (TPSA) is 29.5 Å². The Labute approximate surface area is 175 Å². The van der Waals surface area contributed by atoms with Gasteiger partial charge in [-0.3, -0.25) is 9.69 Å². The minimum absolute atomic E-state index is 0.110. The normalized spacial score (nSPS) is 24.4. The monoisotopic (exact) mass is 391 g/mol. The summed E-state index contributed by atoms with van der Waals surface area (Å²) in [6, 6.07) is 15.7. The molecule has 2 aromatic rings. The van der Waals surface area contributed by atoms with E-state index in [0.29, 0.717) is 17.9 Å². The number of nitrogens with zero attached hydrogens (tertiary/aromatic N) is 1. The third-order valence-electron chi connectivity index (χ3n) is 6.70. The Morgan fingerprint density at radius 3 is 2.14 bits per heavy atom. The lowest BCUT2D eigenvalue weighted by atomic mass is 9.78. The molecule has 2 unspecified atom stereocenters. The zero-order chi connectivity index (χ0) is 20.4. The van der Waals surface area contributed by atoms with E-state index in [-0.39, 0.29) is 5.92 Å². The Morgan fingerprint density at radius 2 is 1.59 bits per heavy atom. The highest BCUT2D eigenvalue weighted by Crippen LogP contribution is 2.36. The first kappa shape index (κ1) is 20.3. The predicted octanol–water partition coefficient (Wildman–Crippen LogP) is 4.98. The number of Topliss-reactive ketones (excluding diaryl/α,β-unsaturated/α-hetero) is 1. The number of morpholine rings is 1. The Hall–Kier alpha value is -1.97. The first-order valence-corrected chi connectivity index (χ1v) is 11.1. The number of benzene rings is 2. The van der Waals surface area contributed by atoms with E-state index >= 15 is 0 Å². The maximum atomic E-state index is 13.7. The number of rotatable bonds is 6. The van der Waals surface area contributed by atoms with E-state index in [1.54, 1.807) is 0 Å². The van der Waals surface area contributed by atoms with Crippen LogP contribution in [-0.2, 0) is 24.1 Å². The number of ether oxygens (including phenoxy) is 1. The number of fused-ring (bicyclic) bond motifs is 2. The summed E-state index contributed by atoms with van der Waals surface area (Å²) >= 11 is 0. The van der Waals surface area contributed by atoms with Gasteiger partial charge in [-0.25, -0.2) is 0 Å². The zero-order valence-electron chi connectivity index (χ0n) is 18.0. The quantitative estimate of drug-likeness (QED) is 0.650. The maximum absolute atomic E-state index is 13.7. The molecule has 0 saturated carbocycles. The number of hydrogen-bond acceptors (Lipinski definition) is 3. The van der Waals surface area contributed by atoms with Crippen molar-refractivity contribution in [3.8, 4) is 0 Å². The fourth-order valence-corrected chi connectivity index (χ4v) is 5.28. The first-order valence-electron chi connectivity index (χ1n) is 11.1. The average Bonchev–Trinajstić information content (AvgIpc) is 2.73. The molecule has 3 nitrogen and oxygen atoms in total. The lowest BCUT2D eigenvalue weighted by Crippen LogP contribution is -2.57. The standard InChI is InChI=1S/C26H33NO2/c1-4-20-11-18(3)12-21(5-2)25(20)26(28)22-13-23-16-29-17-24(14-22)27(23)15-19-9-7-6-8-10-19/h6-12,22-24H,4-5,13-17H2,1-3H3. The summed E-state index contributed by atoms with van der Waals surface area (Å²) in [7, 11) is 0. The van der Waals surface area contributed by atoms with Gasteiger partial charge in [-0.05, 0) is 49.3 Å². The molecule has 0 N–H and O–H groups in total. The predicted molar refractivity (Wildman–Crippen MR) is 117 cm³/mol. The first-order chi connectivity index (χ1) is 14.1. The zero-order valence-corrected chi connectivity index (χ0v) is 18.0. The van der Waals surface area contributed by atoms with Gasteiger partial charge in [0.1, 0.15) is 0 Å². The van der Waals surface area contributed by atoms with Crippen molar-refractivity contribution in [3.63, 3.8) is 0 Å². The second-order valence-electron chi connectivity index (χ2n) is 8.70. The molecule has 2 heterocycles. The lowest BCUT2D eigenvalue weighted by molar-refractivity contribution is -0.0873. The van der Waals surface area contributed by atoms with Crippen LogP contribution < -0.4 is 0 Å². The molecule has 154 valence electrons. The molecule has 2 atom stereocenters. The molecule has 2 aliphatic rings. The summed E-state index contributed by atoms with van der Waals surface area (Å²) in [5.41, 5.74) is 6.06. The molecular formula is C26H33NO2. The molecular weight excluding hydrogens is 358 g/mol. The van der Waals surface area contributed by atoms with Crippen molar-refractivity contribution in [2.24, 2.45) is 5.92 Å². The fourth-order valence-electron chi connectivity index (χ4n) is 5.28. The summed E-state index contributed by atoms with van der Waals surface area (Å²) in [6.45, 7) is 8.89. The molecule has 0 amide bonds. The molecule has 2 saturated heterocycles. The molecule has 0 radical (unpaired) electrons. The van der Waals surface area contributed by atoms with Gasteiger partial charge in [-0.2, -0.15) is 0 Å². The van der Waals surface area contributed by atoms with E-state index < -0.39 is 0 Å². The maximum Gasteiger partial charge on any atom is 0.166 e. The van der Waals surface area contributed by atoms with Crippen LogP contribution in [-0.4, -0.2) is 36.0 Å². The summed E-state index contributed by atoms with van der Waals surface area (Å²) in [6.07, 6.45) is 3.64. The Balaban J connectivity index is 1.57.